The van der Waals surface area contributed by atoms with Gasteiger partial charge >= 0.3 is 0 Å². The first-order valence-corrected chi connectivity index (χ1v) is 11.3. The van der Waals surface area contributed by atoms with E-state index in [9.17, 15) is 8.42 Å². The molecule has 2 aromatic rings. The van der Waals surface area contributed by atoms with Crippen molar-refractivity contribution in [3.63, 3.8) is 0 Å². The first kappa shape index (κ1) is 20.1. The van der Waals surface area contributed by atoms with E-state index in [0.29, 0.717) is 31.4 Å². The lowest BCUT2D eigenvalue weighted by Crippen LogP contribution is -2.15. The Morgan fingerprint density at radius 3 is 2.07 bits per heavy atom. The summed E-state index contributed by atoms with van der Waals surface area (Å²) in [4.78, 5) is -0.203. The molecule has 6 heteroatoms. The Bertz CT molecular complexity index is 1050. The molecule has 2 aliphatic rings. The van der Waals surface area contributed by atoms with Crippen LogP contribution in [0.5, 0.6) is 5.75 Å². The number of alkyl halides is 2. The zero-order valence-corrected chi connectivity index (χ0v) is 17.4. The second-order valence-electron chi connectivity index (χ2n) is 7.97. The summed E-state index contributed by atoms with van der Waals surface area (Å²) >= 11 is 0. The van der Waals surface area contributed by atoms with Crippen LogP contribution in [-0.2, 0) is 9.84 Å². The third kappa shape index (κ3) is 3.08. The molecule has 0 atom stereocenters. The summed E-state index contributed by atoms with van der Waals surface area (Å²) in [6.07, 6.45) is 2.96. The maximum Gasteiger partial charge on any atom is 0.281 e. The van der Waals surface area contributed by atoms with E-state index in [-0.39, 0.29) is 20.9 Å². The number of methoxy groups -OCH3 is 1. The van der Waals surface area contributed by atoms with E-state index in [1.54, 1.807) is 36.4 Å². The van der Waals surface area contributed by atoms with Gasteiger partial charge < -0.3 is 4.74 Å². The molecule has 2 saturated carbocycles. The van der Waals surface area contributed by atoms with Gasteiger partial charge in [-0.3, -0.25) is 0 Å². The Kier molecular flexibility index (Phi) is 4.80. The number of hydrogen-bond acceptors (Lipinski definition) is 3. The molecular formula is C23H24F2O3S. The average Bonchev–Trinajstić information content (AvgIpc) is 3.16. The van der Waals surface area contributed by atoms with Gasteiger partial charge in [-0.05, 0) is 61.7 Å². The molecular weight excluding hydrogens is 394 g/mol. The molecule has 0 unspecified atom stereocenters. The van der Waals surface area contributed by atoms with Crippen molar-refractivity contribution in [3.8, 4) is 5.75 Å². The molecule has 0 N–H and O–H groups in total. The van der Waals surface area contributed by atoms with Crippen molar-refractivity contribution in [2.75, 3.05) is 7.11 Å². The van der Waals surface area contributed by atoms with Crippen LogP contribution in [0.4, 0.5) is 8.78 Å². The Hall–Kier alpha value is -2.21. The Morgan fingerprint density at radius 1 is 0.931 bits per heavy atom. The van der Waals surface area contributed by atoms with Gasteiger partial charge in [-0.2, -0.15) is 0 Å². The van der Waals surface area contributed by atoms with Crippen LogP contribution in [0.25, 0.3) is 4.91 Å². The van der Waals surface area contributed by atoms with Crippen molar-refractivity contribution in [1.82, 2.24) is 0 Å². The minimum atomic E-state index is -4.11. The van der Waals surface area contributed by atoms with Crippen LogP contribution in [0.3, 0.4) is 0 Å². The van der Waals surface area contributed by atoms with Gasteiger partial charge in [-0.15, -0.1) is 0 Å². The largest absolute Gasteiger partial charge is 0.497 e. The Balaban J connectivity index is 1.95. The molecule has 0 amide bonds. The van der Waals surface area contributed by atoms with Crippen molar-refractivity contribution >= 4 is 14.7 Å². The zero-order valence-electron chi connectivity index (χ0n) is 16.5. The number of aryl methyl sites for hydroxylation is 1. The number of benzene rings is 2. The van der Waals surface area contributed by atoms with Crippen LogP contribution in [0, 0.1) is 12.3 Å². The van der Waals surface area contributed by atoms with Crippen LogP contribution < -0.4 is 4.74 Å². The fraction of sp³-hybridized carbons (Fsp3) is 0.391. The van der Waals surface area contributed by atoms with E-state index in [2.05, 4.69) is 0 Å². The number of sulfone groups is 1. The normalized spacial score (nSPS) is 21.7. The van der Waals surface area contributed by atoms with Gasteiger partial charge in [-0.25, -0.2) is 17.2 Å². The summed E-state index contributed by atoms with van der Waals surface area (Å²) in [7, 11) is -2.61. The molecule has 2 aliphatic carbocycles. The van der Waals surface area contributed by atoms with E-state index < -0.39 is 21.2 Å². The maximum absolute atomic E-state index is 15.2. The SMILES string of the molecule is COc1ccc(/C(=C2\C(F)(F)C23CCCCC3)S(=O)(=O)c2ccc(C)cc2)cc1. The van der Waals surface area contributed by atoms with Crippen molar-refractivity contribution in [2.45, 2.75) is 49.8 Å². The molecule has 0 saturated heterocycles. The Morgan fingerprint density at radius 2 is 1.52 bits per heavy atom. The van der Waals surface area contributed by atoms with Crippen LogP contribution in [0.2, 0.25) is 0 Å². The maximum atomic E-state index is 15.2. The Labute approximate surface area is 170 Å². The van der Waals surface area contributed by atoms with Crippen molar-refractivity contribution in [3.05, 3.63) is 65.2 Å². The summed E-state index contributed by atoms with van der Waals surface area (Å²) < 4.78 is 62.7. The fourth-order valence-corrected chi connectivity index (χ4v) is 6.30. The predicted molar refractivity (Wildman–Crippen MR) is 109 cm³/mol. The smallest absolute Gasteiger partial charge is 0.281 e. The van der Waals surface area contributed by atoms with Gasteiger partial charge in [0.25, 0.3) is 5.92 Å². The lowest BCUT2D eigenvalue weighted by Gasteiger charge is -2.20. The predicted octanol–water partition coefficient (Wildman–Crippen LogP) is 5.79. The van der Waals surface area contributed by atoms with Crippen molar-refractivity contribution < 1.29 is 21.9 Å². The lowest BCUT2D eigenvalue weighted by atomic mass is 9.85. The first-order valence-electron chi connectivity index (χ1n) is 9.83. The molecule has 154 valence electrons. The molecule has 4 rings (SSSR count). The van der Waals surface area contributed by atoms with Gasteiger partial charge in [0.05, 0.1) is 22.3 Å². The summed E-state index contributed by atoms with van der Waals surface area (Å²) in [6.45, 7) is 1.85. The molecule has 0 bridgehead atoms. The molecule has 0 aliphatic heterocycles. The van der Waals surface area contributed by atoms with E-state index in [1.807, 2.05) is 6.92 Å². The molecule has 1 spiro atoms. The van der Waals surface area contributed by atoms with Crippen LogP contribution in [0.15, 0.2) is 59.0 Å². The van der Waals surface area contributed by atoms with Crippen LogP contribution in [0.1, 0.15) is 43.2 Å². The van der Waals surface area contributed by atoms with Gasteiger partial charge in [0, 0.05) is 5.57 Å². The second-order valence-corrected chi connectivity index (χ2v) is 9.85. The first-order chi connectivity index (χ1) is 13.7. The highest BCUT2D eigenvalue weighted by Gasteiger charge is 2.77. The average molecular weight is 419 g/mol. The molecule has 2 fully saturated rings. The summed E-state index contributed by atoms with van der Waals surface area (Å²) in [6, 6.07) is 12.7. The number of ether oxygens (including phenoxy) is 1. The van der Waals surface area contributed by atoms with Gasteiger partial charge in [0.2, 0.25) is 9.84 Å². The van der Waals surface area contributed by atoms with E-state index in [0.717, 1.165) is 12.0 Å². The number of hydrogen-bond donors (Lipinski definition) is 0. The second kappa shape index (κ2) is 6.94. The van der Waals surface area contributed by atoms with E-state index in [4.69, 9.17) is 4.74 Å². The van der Waals surface area contributed by atoms with Gasteiger partial charge in [0.1, 0.15) is 5.75 Å². The quantitative estimate of drug-likeness (QED) is 0.631. The van der Waals surface area contributed by atoms with Crippen molar-refractivity contribution in [2.24, 2.45) is 5.41 Å². The minimum Gasteiger partial charge on any atom is -0.497 e. The molecule has 2 aromatic carbocycles. The highest BCUT2D eigenvalue weighted by molar-refractivity contribution is 8.00. The summed E-state index contributed by atoms with van der Waals surface area (Å²) in [5.74, 6) is -2.55. The van der Waals surface area contributed by atoms with E-state index >= 15 is 8.78 Å². The number of halogens is 2. The fourth-order valence-electron chi connectivity index (χ4n) is 4.53. The van der Waals surface area contributed by atoms with Crippen LogP contribution in [-0.4, -0.2) is 21.5 Å². The zero-order chi connectivity index (χ0) is 20.9. The van der Waals surface area contributed by atoms with Crippen LogP contribution >= 0.6 is 0 Å². The molecule has 3 nitrogen and oxygen atoms in total. The topological polar surface area (TPSA) is 43.4 Å². The highest BCUT2D eigenvalue weighted by Crippen LogP contribution is 2.74. The van der Waals surface area contributed by atoms with Gasteiger partial charge in [-0.1, -0.05) is 37.0 Å². The van der Waals surface area contributed by atoms with Gasteiger partial charge in [0.15, 0.2) is 0 Å². The molecule has 0 radical (unpaired) electrons. The molecule has 29 heavy (non-hydrogen) atoms. The number of rotatable bonds is 4. The molecule has 0 aromatic heterocycles. The highest BCUT2D eigenvalue weighted by atomic mass is 32.2. The number of allylic oxidation sites excluding steroid dienone is 1. The summed E-state index contributed by atoms with van der Waals surface area (Å²) in [5, 5.41) is 0. The van der Waals surface area contributed by atoms with E-state index in [1.165, 1.54) is 19.2 Å². The minimum absolute atomic E-state index is 0.0371. The third-order valence-corrected chi connectivity index (χ3v) is 8.09. The summed E-state index contributed by atoms with van der Waals surface area (Å²) in [5.41, 5.74) is -0.347. The van der Waals surface area contributed by atoms with Crippen molar-refractivity contribution in [1.29, 1.82) is 0 Å². The standard InChI is InChI=1S/C23H24F2O3S/c1-16-6-12-19(13-7-16)29(26,27)20(17-8-10-18(28-2)11-9-17)21-22(23(21,24)25)14-4-3-5-15-22/h6-13H,3-5,14-15H2,1-2H3/b21-20+. The third-order valence-electron chi connectivity index (χ3n) is 6.22. The monoisotopic (exact) mass is 418 g/mol. The lowest BCUT2D eigenvalue weighted by molar-refractivity contribution is 0.0510. The molecule has 0 heterocycles.